The summed E-state index contributed by atoms with van der Waals surface area (Å²) in [5.41, 5.74) is 9.24. The van der Waals surface area contributed by atoms with Crippen molar-refractivity contribution in [2.24, 2.45) is 11.5 Å². The van der Waals surface area contributed by atoms with Gasteiger partial charge in [-0.25, -0.2) is 0 Å². The molecule has 0 aliphatic rings. The van der Waals surface area contributed by atoms with Crippen molar-refractivity contribution in [2.45, 2.75) is 0 Å². The minimum absolute atomic E-state index is 0. The fourth-order valence-corrected chi connectivity index (χ4v) is 0. The molecule has 0 aliphatic heterocycles. The largest absolute Gasteiger partial charge is 1.00 e. The molecule has 0 aliphatic carbocycles. The summed E-state index contributed by atoms with van der Waals surface area (Å²) >= 11 is 7.34. The molecule has 0 radical (unpaired) electrons. The third-order valence-corrected chi connectivity index (χ3v) is 0. The maximum atomic E-state index is 8.89. The molecular weight excluding hydrogens is 310 g/mol. The summed E-state index contributed by atoms with van der Waals surface area (Å²) in [5.74, 6) is 0. The number of hydrogen-bond acceptors (Lipinski definition) is 5. The Morgan fingerprint density at radius 2 is 0.938 bits per heavy atom. The topological polar surface area (TPSA) is 273 Å². The van der Waals surface area contributed by atoms with Crippen molar-refractivity contribution in [1.82, 2.24) is 0 Å². The Labute approximate surface area is 147 Å². The molecule has 10 nitrogen and oxygen atoms in total. The van der Waals surface area contributed by atoms with Crippen LogP contribution < -0.4 is 70.6 Å². The molecule has 0 spiro atoms. The first-order valence-electron chi connectivity index (χ1n) is 1.45. The number of hydrogen-bond donors (Lipinski definition) is 2. The van der Waals surface area contributed by atoms with Crippen LogP contribution in [0.15, 0.2) is 0 Å². The summed E-state index contributed by atoms with van der Waals surface area (Å²) in [4.78, 5) is 0. The van der Waals surface area contributed by atoms with Gasteiger partial charge in [-0.2, -0.15) is 0 Å². The van der Waals surface area contributed by atoms with Crippen molar-refractivity contribution in [3.05, 3.63) is 0 Å². The molecule has 0 atom stereocenters. The van der Waals surface area contributed by atoms with Crippen molar-refractivity contribution in [2.75, 3.05) is 0 Å². The molecule has 0 unspecified atom stereocenters. The molecule has 0 aromatic heterocycles. The Bertz CT molecular complexity index is 174. The van der Waals surface area contributed by atoms with E-state index in [4.69, 9.17) is 13.3 Å². The standard InChI is InChI=1S/CH4N2S.2Na.H2O3S2.5H2O/c2-1(3)4;;;1-5(2,3)4;;;;;/h(H4,2,3,4);;;(H2,1,2,3,4);5*1H2/q;2*+1;;;;;;/p-2. The molecule has 14 N–H and O–H groups in total. The molecule has 0 aromatic carbocycles. The van der Waals surface area contributed by atoms with E-state index in [0.29, 0.717) is 0 Å². The average molecular weight is 324 g/mol. The second kappa shape index (κ2) is 36.0. The van der Waals surface area contributed by atoms with Gasteiger partial charge in [0.25, 0.3) is 0 Å². The average Bonchev–Trinajstić information content (AvgIpc) is 1.19. The third-order valence-electron chi connectivity index (χ3n) is 0. The minimum atomic E-state index is -4.33. The second-order valence-electron chi connectivity index (χ2n) is 0.811. The fraction of sp³-hybridized carbons (Fsp3) is 0. The summed E-state index contributed by atoms with van der Waals surface area (Å²) in [6, 6.07) is 0. The van der Waals surface area contributed by atoms with Crippen molar-refractivity contribution in [3.63, 3.8) is 0 Å². The van der Waals surface area contributed by atoms with E-state index in [1.54, 1.807) is 0 Å². The maximum absolute atomic E-state index is 8.89. The van der Waals surface area contributed by atoms with Crippen LogP contribution >= 0.6 is 12.2 Å². The quantitative estimate of drug-likeness (QED) is 0.320. The van der Waals surface area contributed by atoms with Gasteiger partial charge in [-0.3, -0.25) is 4.21 Å². The van der Waals surface area contributed by atoms with Gasteiger partial charge < -0.3 is 48.0 Å². The van der Waals surface area contributed by atoms with E-state index in [-0.39, 0.29) is 91.6 Å². The second-order valence-corrected chi connectivity index (χ2v) is 3.32. The van der Waals surface area contributed by atoms with Crippen molar-refractivity contribution >= 4 is 37.6 Å². The predicted octanol–water partition coefficient (Wildman–Crippen LogP) is -11.9. The number of thiocarbonyl (C=S) groups is 1. The molecule has 96 valence electrons. The van der Waals surface area contributed by atoms with Gasteiger partial charge in [0, 0.05) is 0 Å². The van der Waals surface area contributed by atoms with Crippen LogP contribution in [0.25, 0.3) is 0 Å². The number of rotatable bonds is 0. The molecule has 0 rings (SSSR count). The first kappa shape index (κ1) is 64.9. The Morgan fingerprint density at radius 1 is 0.938 bits per heavy atom. The van der Waals surface area contributed by atoms with E-state index in [2.05, 4.69) is 34.9 Å². The van der Waals surface area contributed by atoms with E-state index in [0.717, 1.165) is 0 Å². The van der Waals surface area contributed by atoms with E-state index in [9.17, 15) is 0 Å². The van der Waals surface area contributed by atoms with Gasteiger partial charge in [0.05, 0.1) is 0 Å². The molecule has 0 saturated heterocycles. The molecule has 15 heteroatoms. The molecule has 0 bridgehead atoms. The van der Waals surface area contributed by atoms with E-state index < -0.39 is 9.05 Å². The van der Waals surface area contributed by atoms with Gasteiger partial charge >= 0.3 is 59.1 Å². The molecular formula is CH14N2Na2O8S3. The van der Waals surface area contributed by atoms with Crippen LogP contribution in [0, 0.1) is 0 Å². The maximum Gasteiger partial charge on any atom is 1.00 e. The van der Waals surface area contributed by atoms with Crippen LogP contribution in [0.2, 0.25) is 0 Å². The van der Waals surface area contributed by atoms with Gasteiger partial charge in [0.1, 0.15) is 0 Å². The van der Waals surface area contributed by atoms with Crippen molar-refractivity contribution in [1.29, 1.82) is 0 Å². The summed E-state index contributed by atoms with van der Waals surface area (Å²) in [5, 5.41) is 0.000000000000000222. The SMILES string of the molecule is NC(N)=S.O.O.O.O.O.O=S([O-])([O-])=S.[Na+].[Na+]. The van der Waals surface area contributed by atoms with Gasteiger partial charge in [-0.05, 0) is 23.4 Å². The molecule has 0 fully saturated rings. The molecule has 16 heavy (non-hydrogen) atoms. The molecule has 0 amide bonds. The third kappa shape index (κ3) is 1090. The molecule has 0 aromatic rings. The van der Waals surface area contributed by atoms with Gasteiger partial charge in [-0.1, -0.05) is 0 Å². The Kier molecular flexibility index (Phi) is 146. The van der Waals surface area contributed by atoms with E-state index >= 15 is 0 Å². The summed E-state index contributed by atoms with van der Waals surface area (Å²) < 4.78 is 26.7. The summed E-state index contributed by atoms with van der Waals surface area (Å²) in [7, 11) is -4.33. The Hall–Kier alpha value is 1.78. The first-order chi connectivity index (χ1) is 3.73. The van der Waals surface area contributed by atoms with E-state index in [1.165, 1.54) is 0 Å². The predicted molar refractivity (Wildman–Crippen MR) is 56.1 cm³/mol. The molecule has 0 saturated carbocycles. The summed E-state index contributed by atoms with van der Waals surface area (Å²) in [6.45, 7) is 0. The van der Waals surface area contributed by atoms with E-state index in [1.807, 2.05) is 0 Å². The monoisotopic (exact) mass is 324 g/mol. The van der Waals surface area contributed by atoms with Crippen LogP contribution in [-0.4, -0.2) is 45.8 Å². The minimum Gasteiger partial charge on any atom is -0.780 e. The van der Waals surface area contributed by atoms with Gasteiger partial charge in [0.2, 0.25) is 0 Å². The molecule has 0 heterocycles. The number of nitrogens with two attached hydrogens (primary N) is 2. The fourth-order valence-electron chi connectivity index (χ4n) is 0. The first-order valence-corrected chi connectivity index (χ1v) is 4.19. The Balaban J connectivity index is -0.00000000614. The zero-order chi connectivity index (χ0) is 8.08. The zero-order valence-corrected chi connectivity index (χ0v) is 15.1. The van der Waals surface area contributed by atoms with Gasteiger partial charge in [-0.15, -0.1) is 9.05 Å². The van der Waals surface area contributed by atoms with Crippen molar-refractivity contribution in [3.8, 4) is 0 Å². The zero-order valence-electron chi connectivity index (χ0n) is 8.60. The van der Waals surface area contributed by atoms with Crippen molar-refractivity contribution < 1.29 is 99.8 Å². The van der Waals surface area contributed by atoms with Gasteiger partial charge in [0.15, 0.2) is 5.11 Å². The van der Waals surface area contributed by atoms with Crippen LogP contribution in [0.3, 0.4) is 0 Å². The Morgan fingerprint density at radius 3 is 0.938 bits per heavy atom. The van der Waals surface area contributed by atoms with Crippen LogP contribution in [-0.2, 0) is 20.2 Å². The smallest absolute Gasteiger partial charge is 0.780 e. The normalized spacial score (nSPS) is 5.12. The summed E-state index contributed by atoms with van der Waals surface area (Å²) in [6.07, 6.45) is 0. The van der Waals surface area contributed by atoms with Crippen LogP contribution in [0.5, 0.6) is 0 Å². The van der Waals surface area contributed by atoms with Crippen LogP contribution in [0.1, 0.15) is 0 Å². The van der Waals surface area contributed by atoms with Crippen LogP contribution in [0.4, 0.5) is 0 Å².